The van der Waals surface area contributed by atoms with E-state index < -0.39 is 0 Å². The highest BCUT2D eigenvalue weighted by Crippen LogP contribution is 2.11. The van der Waals surface area contributed by atoms with Crippen molar-refractivity contribution in [2.75, 3.05) is 31.2 Å². The van der Waals surface area contributed by atoms with Gasteiger partial charge >= 0.3 is 0 Å². The van der Waals surface area contributed by atoms with Crippen molar-refractivity contribution >= 4 is 11.6 Å². The fraction of sp³-hybridized carbons (Fsp3) is 0.556. The predicted octanol–water partition coefficient (Wildman–Crippen LogP) is 0.175. The van der Waals surface area contributed by atoms with Crippen molar-refractivity contribution in [3.05, 3.63) is 12.4 Å². The molecule has 1 unspecified atom stereocenters. The molecule has 1 aliphatic heterocycles. The zero-order valence-corrected chi connectivity index (χ0v) is 8.27. The van der Waals surface area contributed by atoms with Gasteiger partial charge in [-0.05, 0) is 20.0 Å². The van der Waals surface area contributed by atoms with Gasteiger partial charge in [-0.2, -0.15) is 0 Å². The second kappa shape index (κ2) is 3.79. The molecule has 2 rings (SSSR count). The summed E-state index contributed by atoms with van der Waals surface area (Å²) in [6.07, 6.45) is 4.38. The Hall–Kier alpha value is -1.36. The van der Waals surface area contributed by atoms with Gasteiger partial charge in [-0.3, -0.25) is 0 Å². The summed E-state index contributed by atoms with van der Waals surface area (Å²) in [5.41, 5.74) is 6.09. The van der Waals surface area contributed by atoms with E-state index in [4.69, 9.17) is 5.73 Å². The average Bonchev–Trinajstić information content (AvgIpc) is 2.56. The highest BCUT2D eigenvalue weighted by molar-refractivity contribution is 5.36. The van der Waals surface area contributed by atoms with Crippen LogP contribution in [0.25, 0.3) is 0 Å². The van der Waals surface area contributed by atoms with Crippen molar-refractivity contribution in [2.24, 2.45) is 0 Å². The van der Waals surface area contributed by atoms with Crippen LogP contribution in [0.3, 0.4) is 0 Å². The molecule has 5 nitrogen and oxygen atoms in total. The van der Waals surface area contributed by atoms with Crippen LogP contribution in [0.4, 0.5) is 11.6 Å². The summed E-state index contributed by atoms with van der Waals surface area (Å²) >= 11 is 0. The van der Waals surface area contributed by atoms with Gasteiger partial charge in [0.2, 0.25) is 5.95 Å². The molecule has 0 aromatic carbocycles. The molecule has 14 heavy (non-hydrogen) atoms. The molecule has 1 saturated heterocycles. The highest BCUT2D eigenvalue weighted by Gasteiger charge is 2.19. The highest BCUT2D eigenvalue weighted by atomic mass is 15.2. The van der Waals surface area contributed by atoms with E-state index in [-0.39, 0.29) is 0 Å². The SMILES string of the molecule is CN1CCC(Nc2ncc(N)cn2)C1. The smallest absolute Gasteiger partial charge is 0.222 e. The number of hydrogen-bond donors (Lipinski definition) is 2. The van der Waals surface area contributed by atoms with E-state index >= 15 is 0 Å². The number of likely N-dealkylation sites (N-methyl/N-ethyl adjacent to an activating group) is 1. The summed E-state index contributed by atoms with van der Waals surface area (Å²) in [7, 11) is 2.12. The first-order valence-corrected chi connectivity index (χ1v) is 4.76. The van der Waals surface area contributed by atoms with E-state index in [1.54, 1.807) is 12.4 Å². The van der Waals surface area contributed by atoms with Crippen molar-refractivity contribution in [3.8, 4) is 0 Å². The molecule has 5 heteroatoms. The molecule has 1 aliphatic rings. The number of nitrogens with one attached hydrogen (secondary N) is 1. The molecular weight excluding hydrogens is 178 g/mol. The minimum Gasteiger partial charge on any atom is -0.396 e. The standard InChI is InChI=1S/C9H15N5/c1-14-3-2-8(6-14)13-9-11-4-7(10)5-12-9/h4-5,8H,2-3,6,10H2,1H3,(H,11,12,13). The van der Waals surface area contributed by atoms with E-state index in [2.05, 4.69) is 27.2 Å². The number of likely N-dealkylation sites (tertiary alicyclic amines) is 1. The topological polar surface area (TPSA) is 67.1 Å². The van der Waals surface area contributed by atoms with Gasteiger partial charge in [0.1, 0.15) is 0 Å². The Balaban J connectivity index is 1.94. The van der Waals surface area contributed by atoms with Crippen molar-refractivity contribution in [1.82, 2.24) is 14.9 Å². The summed E-state index contributed by atoms with van der Waals surface area (Å²) in [5, 5.41) is 3.28. The maximum atomic E-state index is 5.50. The molecule has 1 aromatic rings. The van der Waals surface area contributed by atoms with E-state index in [9.17, 15) is 0 Å². The predicted molar refractivity (Wildman–Crippen MR) is 56.0 cm³/mol. The molecule has 0 bridgehead atoms. The van der Waals surface area contributed by atoms with E-state index in [0.29, 0.717) is 17.7 Å². The summed E-state index contributed by atoms with van der Waals surface area (Å²) < 4.78 is 0. The van der Waals surface area contributed by atoms with Gasteiger partial charge in [0.25, 0.3) is 0 Å². The molecule has 1 aromatic heterocycles. The van der Waals surface area contributed by atoms with Crippen LogP contribution < -0.4 is 11.1 Å². The monoisotopic (exact) mass is 193 g/mol. The molecule has 0 saturated carbocycles. The van der Waals surface area contributed by atoms with Crippen LogP contribution in [0.1, 0.15) is 6.42 Å². The molecule has 0 spiro atoms. The van der Waals surface area contributed by atoms with Crippen molar-refractivity contribution in [1.29, 1.82) is 0 Å². The lowest BCUT2D eigenvalue weighted by Crippen LogP contribution is -2.24. The van der Waals surface area contributed by atoms with Crippen molar-refractivity contribution in [2.45, 2.75) is 12.5 Å². The lowest BCUT2D eigenvalue weighted by atomic mass is 10.3. The Morgan fingerprint density at radius 2 is 2.21 bits per heavy atom. The number of hydrogen-bond acceptors (Lipinski definition) is 5. The van der Waals surface area contributed by atoms with E-state index in [0.717, 1.165) is 19.5 Å². The maximum absolute atomic E-state index is 5.50. The minimum absolute atomic E-state index is 0.462. The summed E-state index contributed by atoms with van der Waals surface area (Å²) in [4.78, 5) is 10.5. The van der Waals surface area contributed by atoms with Gasteiger partial charge in [0.15, 0.2) is 0 Å². The first-order valence-electron chi connectivity index (χ1n) is 4.76. The lowest BCUT2D eigenvalue weighted by molar-refractivity contribution is 0.414. The summed E-state index contributed by atoms with van der Waals surface area (Å²) in [6, 6.07) is 0.462. The van der Waals surface area contributed by atoms with Crippen LogP contribution in [0, 0.1) is 0 Å². The molecule has 1 fully saturated rings. The zero-order valence-electron chi connectivity index (χ0n) is 8.27. The first kappa shape index (κ1) is 9.21. The fourth-order valence-electron chi connectivity index (χ4n) is 1.65. The molecule has 0 amide bonds. The Kier molecular flexibility index (Phi) is 2.49. The molecule has 76 valence electrons. The third-order valence-corrected chi connectivity index (χ3v) is 2.40. The van der Waals surface area contributed by atoms with Crippen LogP contribution in [0.5, 0.6) is 0 Å². The molecule has 1 atom stereocenters. The van der Waals surface area contributed by atoms with Gasteiger partial charge in [0.05, 0.1) is 18.1 Å². The lowest BCUT2D eigenvalue weighted by Gasteiger charge is -2.12. The number of nitrogens with two attached hydrogens (primary N) is 1. The van der Waals surface area contributed by atoms with Crippen molar-refractivity contribution in [3.63, 3.8) is 0 Å². The number of aromatic nitrogens is 2. The van der Waals surface area contributed by atoms with E-state index in [1.807, 2.05) is 0 Å². The normalized spacial score (nSPS) is 22.5. The molecule has 3 N–H and O–H groups in total. The Bertz CT molecular complexity index is 297. The van der Waals surface area contributed by atoms with Gasteiger partial charge in [-0.1, -0.05) is 0 Å². The second-order valence-electron chi connectivity index (χ2n) is 3.73. The minimum atomic E-state index is 0.462. The molecule has 2 heterocycles. The largest absolute Gasteiger partial charge is 0.396 e. The number of nitrogens with zero attached hydrogens (tertiary/aromatic N) is 3. The third kappa shape index (κ3) is 2.11. The molecular formula is C9H15N5. The number of anilines is 2. The van der Waals surface area contributed by atoms with Crippen molar-refractivity contribution < 1.29 is 0 Å². The van der Waals surface area contributed by atoms with Gasteiger partial charge in [0, 0.05) is 12.6 Å². The summed E-state index contributed by atoms with van der Waals surface area (Å²) in [5.74, 6) is 0.666. The second-order valence-corrected chi connectivity index (χ2v) is 3.73. The van der Waals surface area contributed by atoms with Crippen LogP contribution >= 0.6 is 0 Å². The van der Waals surface area contributed by atoms with Gasteiger partial charge in [-0.25, -0.2) is 9.97 Å². The average molecular weight is 193 g/mol. The zero-order chi connectivity index (χ0) is 9.97. The Morgan fingerprint density at radius 3 is 2.79 bits per heavy atom. The first-order chi connectivity index (χ1) is 6.74. The Morgan fingerprint density at radius 1 is 1.50 bits per heavy atom. The fourth-order valence-corrected chi connectivity index (χ4v) is 1.65. The number of nitrogen functional groups attached to an aromatic ring is 1. The van der Waals surface area contributed by atoms with Crippen LogP contribution in [-0.2, 0) is 0 Å². The summed E-state index contributed by atoms with van der Waals surface area (Å²) in [6.45, 7) is 2.18. The van der Waals surface area contributed by atoms with E-state index in [1.165, 1.54) is 0 Å². The van der Waals surface area contributed by atoms with Crippen LogP contribution in [-0.4, -0.2) is 41.0 Å². The number of rotatable bonds is 2. The maximum Gasteiger partial charge on any atom is 0.222 e. The quantitative estimate of drug-likeness (QED) is 0.701. The molecule has 0 radical (unpaired) electrons. The Labute approximate surface area is 83.3 Å². The molecule has 0 aliphatic carbocycles. The third-order valence-electron chi connectivity index (χ3n) is 2.40. The van der Waals surface area contributed by atoms with Gasteiger partial charge in [-0.15, -0.1) is 0 Å². The van der Waals surface area contributed by atoms with Crippen LogP contribution in [0.15, 0.2) is 12.4 Å². The van der Waals surface area contributed by atoms with Crippen LogP contribution in [0.2, 0.25) is 0 Å². The van der Waals surface area contributed by atoms with Gasteiger partial charge < -0.3 is 16.0 Å².